The number of methoxy groups -OCH3 is 1. The zero-order valence-corrected chi connectivity index (χ0v) is 15.9. The first-order chi connectivity index (χ1) is 13.2. The highest BCUT2D eigenvalue weighted by Crippen LogP contribution is 2.35. The SMILES string of the molecule is COc1ncccc1N1CCN(C(=O)N2CCOc3cc(Cl)ccc32)CC1. The number of halogens is 1. The largest absolute Gasteiger partial charge is 0.489 e. The van der Waals surface area contributed by atoms with Gasteiger partial charge in [0.15, 0.2) is 0 Å². The third kappa shape index (κ3) is 3.47. The summed E-state index contributed by atoms with van der Waals surface area (Å²) < 4.78 is 11.0. The molecule has 2 aliphatic heterocycles. The molecule has 0 N–H and O–H groups in total. The van der Waals surface area contributed by atoms with E-state index in [0.29, 0.717) is 42.9 Å². The van der Waals surface area contributed by atoms with Crippen molar-refractivity contribution in [2.75, 3.05) is 56.2 Å². The van der Waals surface area contributed by atoms with Gasteiger partial charge >= 0.3 is 6.03 Å². The van der Waals surface area contributed by atoms with Crippen molar-refractivity contribution in [2.24, 2.45) is 0 Å². The van der Waals surface area contributed by atoms with Crippen LogP contribution in [0.5, 0.6) is 11.6 Å². The van der Waals surface area contributed by atoms with Crippen molar-refractivity contribution < 1.29 is 14.3 Å². The van der Waals surface area contributed by atoms with Crippen molar-refractivity contribution in [2.45, 2.75) is 0 Å². The molecule has 0 saturated carbocycles. The Balaban J connectivity index is 1.45. The Bertz CT molecular complexity index is 839. The molecule has 0 radical (unpaired) electrons. The summed E-state index contributed by atoms with van der Waals surface area (Å²) in [6.07, 6.45) is 1.71. The van der Waals surface area contributed by atoms with E-state index < -0.39 is 0 Å². The number of rotatable bonds is 2. The number of pyridine rings is 1. The molecule has 1 saturated heterocycles. The molecule has 142 valence electrons. The maximum atomic E-state index is 13.1. The molecule has 2 aliphatic rings. The highest BCUT2D eigenvalue weighted by Gasteiger charge is 2.30. The van der Waals surface area contributed by atoms with Crippen LogP contribution in [0.2, 0.25) is 5.02 Å². The van der Waals surface area contributed by atoms with Gasteiger partial charge in [0.1, 0.15) is 12.4 Å². The van der Waals surface area contributed by atoms with E-state index in [1.54, 1.807) is 30.3 Å². The monoisotopic (exact) mass is 388 g/mol. The Labute approximate surface area is 163 Å². The van der Waals surface area contributed by atoms with Crippen LogP contribution in [0.25, 0.3) is 0 Å². The molecule has 27 heavy (non-hydrogen) atoms. The molecule has 1 fully saturated rings. The van der Waals surface area contributed by atoms with Gasteiger partial charge in [-0.05, 0) is 24.3 Å². The number of aromatic nitrogens is 1. The van der Waals surface area contributed by atoms with Crippen LogP contribution in [0.3, 0.4) is 0 Å². The molecule has 0 bridgehead atoms. The minimum absolute atomic E-state index is 0.000302. The molecule has 0 aliphatic carbocycles. The summed E-state index contributed by atoms with van der Waals surface area (Å²) in [7, 11) is 1.62. The Kier molecular flexibility index (Phi) is 4.94. The number of piperazine rings is 1. The quantitative estimate of drug-likeness (QED) is 0.791. The highest BCUT2D eigenvalue weighted by atomic mass is 35.5. The molecular formula is C19H21ClN4O3. The second-order valence-electron chi connectivity index (χ2n) is 6.40. The van der Waals surface area contributed by atoms with E-state index in [4.69, 9.17) is 21.1 Å². The maximum absolute atomic E-state index is 13.1. The number of amides is 2. The average molecular weight is 389 g/mol. The molecule has 1 aromatic heterocycles. The lowest BCUT2D eigenvalue weighted by Crippen LogP contribution is -2.54. The molecule has 3 heterocycles. The Morgan fingerprint density at radius 1 is 1.15 bits per heavy atom. The molecule has 0 unspecified atom stereocenters. The number of hydrogen-bond acceptors (Lipinski definition) is 5. The summed E-state index contributed by atoms with van der Waals surface area (Å²) in [5, 5.41) is 0.599. The molecule has 4 rings (SSSR count). The molecular weight excluding hydrogens is 368 g/mol. The topological polar surface area (TPSA) is 58.1 Å². The molecule has 1 aromatic carbocycles. The van der Waals surface area contributed by atoms with Gasteiger partial charge < -0.3 is 19.3 Å². The number of anilines is 2. The summed E-state index contributed by atoms with van der Waals surface area (Å²) >= 11 is 6.04. The van der Waals surface area contributed by atoms with Gasteiger partial charge in [-0.2, -0.15) is 0 Å². The van der Waals surface area contributed by atoms with E-state index >= 15 is 0 Å². The Hall–Kier alpha value is -2.67. The fourth-order valence-electron chi connectivity index (χ4n) is 3.48. The van der Waals surface area contributed by atoms with Crippen molar-refractivity contribution in [3.63, 3.8) is 0 Å². The smallest absolute Gasteiger partial charge is 0.324 e. The van der Waals surface area contributed by atoms with Crippen molar-refractivity contribution in [1.29, 1.82) is 0 Å². The fourth-order valence-corrected chi connectivity index (χ4v) is 3.64. The molecule has 8 heteroatoms. The summed E-state index contributed by atoms with van der Waals surface area (Å²) in [6, 6.07) is 9.26. The van der Waals surface area contributed by atoms with Gasteiger partial charge in [-0.15, -0.1) is 0 Å². The first-order valence-corrected chi connectivity index (χ1v) is 9.28. The second kappa shape index (κ2) is 7.52. The highest BCUT2D eigenvalue weighted by molar-refractivity contribution is 6.30. The van der Waals surface area contributed by atoms with E-state index in [0.717, 1.165) is 24.5 Å². The number of carbonyl (C=O) groups excluding carboxylic acids is 1. The maximum Gasteiger partial charge on any atom is 0.324 e. The first kappa shape index (κ1) is 17.7. The van der Waals surface area contributed by atoms with Crippen LogP contribution in [0, 0.1) is 0 Å². The van der Waals surface area contributed by atoms with Gasteiger partial charge in [-0.1, -0.05) is 11.6 Å². The van der Waals surface area contributed by atoms with Gasteiger partial charge in [0.05, 0.1) is 25.0 Å². The zero-order valence-electron chi connectivity index (χ0n) is 15.1. The lowest BCUT2D eigenvalue weighted by Gasteiger charge is -2.39. The molecule has 2 amide bonds. The molecule has 0 atom stereocenters. The van der Waals surface area contributed by atoms with E-state index in [9.17, 15) is 4.79 Å². The van der Waals surface area contributed by atoms with Crippen LogP contribution < -0.4 is 19.3 Å². The molecule has 2 aromatic rings. The lowest BCUT2D eigenvalue weighted by atomic mass is 10.2. The fraction of sp³-hybridized carbons (Fsp3) is 0.368. The van der Waals surface area contributed by atoms with Gasteiger partial charge in [0, 0.05) is 43.5 Å². The van der Waals surface area contributed by atoms with Crippen molar-refractivity contribution in [1.82, 2.24) is 9.88 Å². The minimum atomic E-state index is -0.000302. The first-order valence-electron chi connectivity index (χ1n) is 8.90. The zero-order chi connectivity index (χ0) is 18.8. The predicted octanol–water partition coefficient (Wildman–Crippen LogP) is 2.88. The van der Waals surface area contributed by atoms with Crippen LogP contribution in [-0.4, -0.2) is 62.4 Å². The number of fused-ring (bicyclic) bond motifs is 1. The molecule has 7 nitrogen and oxygen atoms in total. The number of ether oxygens (including phenoxy) is 2. The Morgan fingerprint density at radius 3 is 2.74 bits per heavy atom. The second-order valence-corrected chi connectivity index (χ2v) is 6.84. The standard InChI is InChI=1S/C19H21ClN4O3/c1-26-18-16(3-2-6-21-18)22-7-9-23(10-8-22)19(25)24-11-12-27-17-13-14(20)4-5-15(17)24/h2-6,13H,7-12H2,1H3. The van der Waals surface area contributed by atoms with E-state index in [2.05, 4.69) is 9.88 Å². The number of urea groups is 1. The van der Waals surface area contributed by atoms with Crippen LogP contribution in [0.1, 0.15) is 0 Å². The van der Waals surface area contributed by atoms with Gasteiger partial charge in [-0.25, -0.2) is 9.78 Å². The van der Waals surface area contributed by atoms with Crippen LogP contribution in [0.15, 0.2) is 36.5 Å². The molecule has 0 spiro atoms. The average Bonchev–Trinajstić information content (AvgIpc) is 2.72. The van der Waals surface area contributed by atoms with Gasteiger partial charge in [0.2, 0.25) is 5.88 Å². The summed E-state index contributed by atoms with van der Waals surface area (Å²) in [5.41, 5.74) is 1.73. The number of benzene rings is 1. The third-order valence-corrected chi connectivity index (χ3v) is 5.09. The lowest BCUT2D eigenvalue weighted by molar-refractivity contribution is 0.196. The number of hydrogen-bond donors (Lipinski definition) is 0. The van der Waals surface area contributed by atoms with E-state index in [1.807, 2.05) is 23.1 Å². The van der Waals surface area contributed by atoms with Crippen LogP contribution >= 0.6 is 11.6 Å². The van der Waals surface area contributed by atoms with Crippen molar-refractivity contribution in [3.8, 4) is 11.6 Å². The van der Waals surface area contributed by atoms with Gasteiger partial charge in [-0.3, -0.25) is 4.90 Å². The normalized spacial score (nSPS) is 16.6. The number of carbonyl (C=O) groups is 1. The third-order valence-electron chi connectivity index (χ3n) is 4.85. The minimum Gasteiger partial charge on any atom is -0.489 e. The van der Waals surface area contributed by atoms with E-state index in [1.165, 1.54) is 0 Å². The van der Waals surface area contributed by atoms with Crippen molar-refractivity contribution >= 4 is 29.0 Å². The van der Waals surface area contributed by atoms with E-state index in [-0.39, 0.29) is 6.03 Å². The van der Waals surface area contributed by atoms with Gasteiger partial charge in [0.25, 0.3) is 0 Å². The van der Waals surface area contributed by atoms with Crippen LogP contribution in [-0.2, 0) is 0 Å². The Morgan fingerprint density at radius 2 is 1.96 bits per heavy atom. The number of nitrogens with zero attached hydrogens (tertiary/aromatic N) is 4. The van der Waals surface area contributed by atoms with Crippen LogP contribution in [0.4, 0.5) is 16.2 Å². The van der Waals surface area contributed by atoms with Crippen molar-refractivity contribution in [3.05, 3.63) is 41.6 Å². The summed E-state index contributed by atoms with van der Waals surface area (Å²) in [4.78, 5) is 23.2. The summed E-state index contributed by atoms with van der Waals surface area (Å²) in [5.74, 6) is 1.26. The predicted molar refractivity (Wildman–Crippen MR) is 104 cm³/mol. The summed E-state index contributed by atoms with van der Waals surface area (Å²) in [6.45, 7) is 3.72.